The smallest absolute Gasteiger partial charge is 0.295 e. The van der Waals surface area contributed by atoms with E-state index >= 15 is 0 Å². The number of hydrogen-bond acceptors (Lipinski definition) is 6. The van der Waals surface area contributed by atoms with Crippen LogP contribution in [0.1, 0.15) is 12.6 Å². The Hall–Kier alpha value is -3.69. The van der Waals surface area contributed by atoms with Crippen LogP contribution in [0.2, 0.25) is 0 Å². The van der Waals surface area contributed by atoms with Crippen molar-refractivity contribution >= 4 is 44.9 Å². The minimum atomic E-state index is -0.485. The monoisotopic (exact) mass is 501 g/mol. The highest BCUT2D eigenvalue weighted by Crippen LogP contribution is 2.39. The summed E-state index contributed by atoms with van der Waals surface area (Å²) in [5, 5.41) is 6.13. The Morgan fingerprint density at radius 1 is 1.06 bits per heavy atom. The molecule has 3 heterocycles. The van der Waals surface area contributed by atoms with Gasteiger partial charge in [-0.2, -0.15) is 0 Å². The van der Waals surface area contributed by atoms with Gasteiger partial charge < -0.3 is 5.32 Å². The van der Waals surface area contributed by atoms with E-state index < -0.39 is 5.25 Å². The number of aromatic nitrogens is 4. The molecule has 35 heavy (non-hydrogen) atoms. The maximum Gasteiger partial charge on any atom is 0.295 e. The van der Waals surface area contributed by atoms with Crippen LogP contribution in [0.3, 0.4) is 0 Å². The van der Waals surface area contributed by atoms with Crippen molar-refractivity contribution in [3.05, 3.63) is 88.4 Å². The topological polar surface area (TPSA) is 81.8 Å². The number of para-hydroxylation sites is 1. The molecule has 0 spiro atoms. The van der Waals surface area contributed by atoms with Crippen LogP contribution in [0.5, 0.6) is 0 Å². The Morgan fingerprint density at radius 3 is 2.46 bits per heavy atom. The fourth-order valence-corrected chi connectivity index (χ4v) is 5.84. The van der Waals surface area contributed by atoms with Gasteiger partial charge in [0.05, 0.1) is 22.0 Å². The standard InChI is InChI=1S/C26H23N5O2S2/c1-16-22(26(33)31(30(16)3)19-12-8-5-9-13-19)29-23(32)17(2)35-25-21-20(18-10-6-4-7-11-18)14-34-24(21)27-15-28-25/h4-15,17H,1-3H3,(H,29,32). The van der Waals surface area contributed by atoms with Gasteiger partial charge in [-0.15, -0.1) is 11.3 Å². The first kappa shape index (κ1) is 23.1. The highest BCUT2D eigenvalue weighted by atomic mass is 32.2. The van der Waals surface area contributed by atoms with E-state index in [1.54, 1.807) is 27.7 Å². The van der Waals surface area contributed by atoms with E-state index in [2.05, 4.69) is 32.8 Å². The molecule has 0 fully saturated rings. The van der Waals surface area contributed by atoms with Crippen molar-refractivity contribution in [2.75, 3.05) is 5.32 Å². The van der Waals surface area contributed by atoms with E-state index in [0.717, 1.165) is 32.1 Å². The van der Waals surface area contributed by atoms with Gasteiger partial charge in [-0.25, -0.2) is 14.6 Å². The molecule has 3 aromatic heterocycles. The minimum absolute atomic E-state index is 0.260. The van der Waals surface area contributed by atoms with Gasteiger partial charge in [0, 0.05) is 18.0 Å². The fourth-order valence-electron chi connectivity index (χ4n) is 3.93. The number of rotatable bonds is 6. The number of thiophene rings is 1. The van der Waals surface area contributed by atoms with Gasteiger partial charge >= 0.3 is 0 Å². The third-order valence-corrected chi connectivity index (χ3v) is 7.87. The highest BCUT2D eigenvalue weighted by molar-refractivity contribution is 8.00. The number of nitrogens with one attached hydrogen (secondary N) is 1. The second-order valence-corrected chi connectivity index (χ2v) is 10.2. The van der Waals surface area contributed by atoms with Crippen molar-refractivity contribution in [2.45, 2.75) is 24.1 Å². The van der Waals surface area contributed by atoms with Crippen LogP contribution in [0.4, 0.5) is 5.69 Å². The lowest BCUT2D eigenvalue weighted by Crippen LogP contribution is -2.27. The molecule has 0 aliphatic carbocycles. The molecule has 9 heteroatoms. The molecule has 1 atom stereocenters. The second-order valence-electron chi connectivity index (χ2n) is 8.06. The van der Waals surface area contributed by atoms with Crippen LogP contribution < -0.4 is 10.9 Å². The first-order valence-corrected chi connectivity index (χ1v) is 12.8. The largest absolute Gasteiger partial charge is 0.319 e. The van der Waals surface area contributed by atoms with Crippen LogP contribution in [0.15, 0.2) is 82.2 Å². The predicted octanol–water partition coefficient (Wildman–Crippen LogP) is 5.28. The summed E-state index contributed by atoms with van der Waals surface area (Å²) in [6.07, 6.45) is 1.53. The van der Waals surface area contributed by atoms with Gasteiger partial charge in [0.1, 0.15) is 21.9 Å². The van der Waals surface area contributed by atoms with Gasteiger partial charge in [0.15, 0.2) is 0 Å². The second kappa shape index (κ2) is 9.52. The van der Waals surface area contributed by atoms with Gasteiger partial charge in [-0.05, 0) is 31.5 Å². The average Bonchev–Trinajstić information content (AvgIpc) is 3.41. The summed E-state index contributed by atoms with van der Waals surface area (Å²) in [7, 11) is 1.80. The van der Waals surface area contributed by atoms with Crippen molar-refractivity contribution in [1.82, 2.24) is 19.3 Å². The number of carbonyl (C=O) groups is 1. The predicted molar refractivity (Wildman–Crippen MR) is 143 cm³/mol. The van der Waals surface area contributed by atoms with Crippen molar-refractivity contribution < 1.29 is 4.79 Å². The maximum atomic E-state index is 13.2. The Labute approximate surface area is 210 Å². The number of amides is 1. The van der Waals surface area contributed by atoms with Gasteiger partial charge in [-0.1, -0.05) is 60.3 Å². The molecule has 1 amide bonds. The van der Waals surface area contributed by atoms with Crippen LogP contribution in [-0.4, -0.2) is 30.5 Å². The normalized spacial score (nSPS) is 12.1. The summed E-state index contributed by atoms with van der Waals surface area (Å²) in [5.41, 5.74) is 3.55. The molecule has 5 rings (SSSR count). The SMILES string of the molecule is Cc1c(NC(=O)C(C)Sc2ncnc3scc(-c4ccccc4)c23)c(=O)n(-c2ccccc2)n1C. The van der Waals surface area contributed by atoms with Gasteiger partial charge in [0.25, 0.3) is 5.56 Å². The van der Waals surface area contributed by atoms with E-state index in [0.29, 0.717) is 5.69 Å². The number of thioether (sulfide) groups is 1. The third kappa shape index (κ3) is 4.28. The molecule has 0 saturated carbocycles. The third-order valence-electron chi connectivity index (χ3n) is 5.88. The summed E-state index contributed by atoms with van der Waals surface area (Å²) >= 11 is 2.92. The van der Waals surface area contributed by atoms with Crippen molar-refractivity contribution in [3.8, 4) is 16.8 Å². The summed E-state index contributed by atoms with van der Waals surface area (Å²) < 4.78 is 3.30. The van der Waals surface area contributed by atoms with Crippen LogP contribution >= 0.6 is 23.1 Å². The number of nitrogens with zero attached hydrogens (tertiary/aromatic N) is 4. The molecule has 0 aliphatic heterocycles. The lowest BCUT2D eigenvalue weighted by molar-refractivity contribution is -0.115. The van der Waals surface area contributed by atoms with Gasteiger partial charge in [-0.3, -0.25) is 14.3 Å². The zero-order chi connectivity index (χ0) is 24.5. The van der Waals surface area contributed by atoms with Crippen molar-refractivity contribution in [2.24, 2.45) is 7.05 Å². The van der Waals surface area contributed by atoms with Crippen molar-refractivity contribution in [3.63, 3.8) is 0 Å². The van der Waals surface area contributed by atoms with E-state index in [-0.39, 0.29) is 17.2 Å². The number of benzene rings is 2. The maximum absolute atomic E-state index is 13.2. The first-order chi connectivity index (χ1) is 17.0. The zero-order valence-corrected chi connectivity index (χ0v) is 21.1. The molecule has 0 bridgehead atoms. The molecule has 5 aromatic rings. The minimum Gasteiger partial charge on any atom is -0.319 e. The number of anilines is 1. The molecule has 1 unspecified atom stereocenters. The number of carbonyl (C=O) groups excluding carboxylic acids is 1. The van der Waals surface area contributed by atoms with Crippen molar-refractivity contribution in [1.29, 1.82) is 0 Å². The molecule has 2 aromatic carbocycles. The molecular formula is C26H23N5O2S2. The Kier molecular flexibility index (Phi) is 6.27. The molecule has 0 radical (unpaired) electrons. The molecule has 0 saturated heterocycles. The fraction of sp³-hybridized carbons (Fsp3) is 0.154. The highest BCUT2D eigenvalue weighted by Gasteiger charge is 2.23. The quantitative estimate of drug-likeness (QED) is 0.253. The number of fused-ring (bicyclic) bond motifs is 1. The van der Waals surface area contributed by atoms with Crippen LogP contribution in [0, 0.1) is 6.92 Å². The first-order valence-electron chi connectivity index (χ1n) is 11.0. The molecule has 176 valence electrons. The Balaban J connectivity index is 1.43. The van der Waals surface area contributed by atoms with E-state index in [9.17, 15) is 9.59 Å². The molecule has 0 aliphatic rings. The number of hydrogen-bond donors (Lipinski definition) is 1. The molecule has 1 N–H and O–H groups in total. The van der Waals surface area contributed by atoms with Gasteiger partial charge in [0.2, 0.25) is 5.91 Å². The zero-order valence-electron chi connectivity index (χ0n) is 19.4. The lowest BCUT2D eigenvalue weighted by atomic mass is 10.1. The van der Waals surface area contributed by atoms with Crippen LogP contribution in [0.25, 0.3) is 27.0 Å². The lowest BCUT2D eigenvalue weighted by Gasteiger charge is -2.12. The Bertz CT molecular complexity index is 1570. The molecular weight excluding hydrogens is 478 g/mol. The summed E-state index contributed by atoms with van der Waals surface area (Å²) in [5.74, 6) is -0.260. The summed E-state index contributed by atoms with van der Waals surface area (Å²) in [4.78, 5) is 36.1. The van der Waals surface area contributed by atoms with E-state index in [1.807, 2.05) is 62.4 Å². The van der Waals surface area contributed by atoms with E-state index in [4.69, 9.17) is 0 Å². The summed E-state index contributed by atoms with van der Waals surface area (Å²) in [6.45, 7) is 3.64. The summed E-state index contributed by atoms with van der Waals surface area (Å²) in [6, 6.07) is 19.4. The Morgan fingerprint density at radius 2 is 1.74 bits per heavy atom. The van der Waals surface area contributed by atoms with E-state index in [1.165, 1.54) is 18.1 Å². The average molecular weight is 502 g/mol. The van der Waals surface area contributed by atoms with Crippen LogP contribution in [-0.2, 0) is 11.8 Å². The molecule has 7 nitrogen and oxygen atoms in total.